The first-order valence-corrected chi connectivity index (χ1v) is 11.5. The summed E-state index contributed by atoms with van der Waals surface area (Å²) in [7, 11) is 3.26. The van der Waals surface area contributed by atoms with Crippen LogP contribution in [0, 0.1) is 5.92 Å². The Morgan fingerprint density at radius 3 is 2.52 bits per heavy atom. The van der Waals surface area contributed by atoms with Gasteiger partial charge in [-0.2, -0.15) is 0 Å². The van der Waals surface area contributed by atoms with Gasteiger partial charge in [0.1, 0.15) is 11.5 Å². The molecule has 0 spiro atoms. The molecule has 7 heteroatoms. The quantitative estimate of drug-likeness (QED) is 0.615. The number of amides is 2. The minimum atomic E-state index is -0.383. The fraction of sp³-hybridized carbons (Fsp3) is 0.667. The van der Waals surface area contributed by atoms with E-state index in [1.165, 1.54) is 32.1 Å². The zero-order chi connectivity index (χ0) is 22.2. The SMILES string of the molecule is COc1ccc(C2CCCN2C(=O)CN(CCC2CCCCC2)CC(N)=O)c(OC)c1. The largest absolute Gasteiger partial charge is 0.497 e. The molecule has 2 aliphatic rings. The Labute approximate surface area is 185 Å². The maximum absolute atomic E-state index is 13.3. The van der Waals surface area contributed by atoms with E-state index in [1.807, 2.05) is 28.0 Å². The number of hydrogen-bond donors (Lipinski definition) is 1. The molecule has 31 heavy (non-hydrogen) atoms. The van der Waals surface area contributed by atoms with E-state index in [0.29, 0.717) is 12.5 Å². The molecule has 1 unspecified atom stereocenters. The minimum Gasteiger partial charge on any atom is -0.497 e. The van der Waals surface area contributed by atoms with Crippen LogP contribution in [0.1, 0.15) is 63.0 Å². The van der Waals surface area contributed by atoms with Gasteiger partial charge in [-0.05, 0) is 43.9 Å². The molecule has 2 amide bonds. The predicted octanol–water partition coefficient (Wildman–Crippen LogP) is 3.13. The molecule has 1 aliphatic carbocycles. The van der Waals surface area contributed by atoms with E-state index in [1.54, 1.807) is 14.2 Å². The number of methoxy groups -OCH3 is 2. The van der Waals surface area contributed by atoms with Crippen LogP contribution in [0.2, 0.25) is 0 Å². The molecular weight excluding hydrogens is 394 g/mol. The molecule has 7 nitrogen and oxygen atoms in total. The fourth-order valence-electron chi connectivity index (χ4n) is 5.04. The Morgan fingerprint density at radius 1 is 1.06 bits per heavy atom. The summed E-state index contributed by atoms with van der Waals surface area (Å²) < 4.78 is 10.9. The number of carbonyl (C=O) groups excluding carboxylic acids is 2. The van der Waals surface area contributed by atoms with Crippen LogP contribution in [0.25, 0.3) is 0 Å². The van der Waals surface area contributed by atoms with Crippen molar-refractivity contribution in [1.29, 1.82) is 0 Å². The van der Waals surface area contributed by atoms with Gasteiger partial charge in [0.05, 0.1) is 33.4 Å². The van der Waals surface area contributed by atoms with Gasteiger partial charge in [0.2, 0.25) is 11.8 Å². The molecular formula is C24H37N3O4. The lowest BCUT2D eigenvalue weighted by Gasteiger charge is -2.30. The van der Waals surface area contributed by atoms with E-state index in [4.69, 9.17) is 15.2 Å². The minimum absolute atomic E-state index is 0.0258. The number of carbonyl (C=O) groups is 2. The van der Waals surface area contributed by atoms with Gasteiger partial charge in [-0.25, -0.2) is 0 Å². The average Bonchev–Trinajstić information content (AvgIpc) is 3.27. The second-order valence-electron chi connectivity index (χ2n) is 8.82. The van der Waals surface area contributed by atoms with Crippen LogP contribution in [0.3, 0.4) is 0 Å². The summed E-state index contributed by atoms with van der Waals surface area (Å²) in [4.78, 5) is 28.7. The molecule has 2 N–H and O–H groups in total. The molecule has 0 bridgehead atoms. The summed E-state index contributed by atoms with van der Waals surface area (Å²) in [6.45, 7) is 1.81. The summed E-state index contributed by atoms with van der Waals surface area (Å²) in [6.07, 6.45) is 9.28. The van der Waals surface area contributed by atoms with Crippen LogP contribution < -0.4 is 15.2 Å². The van der Waals surface area contributed by atoms with Gasteiger partial charge in [0.25, 0.3) is 0 Å². The van der Waals surface area contributed by atoms with E-state index in [9.17, 15) is 9.59 Å². The van der Waals surface area contributed by atoms with E-state index in [-0.39, 0.29) is 30.9 Å². The molecule has 1 aromatic carbocycles. The highest BCUT2D eigenvalue weighted by Crippen LogP contribution is 2.38. The topological polar surface area (TPSA) is 85.1 Å². The van der Waals surface area contributed by atoms with Gasteiger partial charge in [-0.15, -0.1) is 0 Å². The number of rotatable bonds is 10. The summed E-state index contributed by atoms with van der Waals surface area (Å²) in [6, 6.07) is 5.72. The van der Waals surface area contributed by atoms with E-state index in [0.717, 1.165) is 42.9 Å². The number of ether oxygens (including phenoxy) is 2. The number of nitrogens with zero attached hydrogens (tertiary/aromatic N) is 2. The van der Waals surface area contributed by atoms with Crippen LogP contribution in [-0.4, -0.2) is 62.0 Å². The van der Waals surface area contributed by atoms with Crippen molar-refractivity contribution >= 4 is 11.8 Å². The van der Waals surface area contributed by atoms with Crippen molar-refractivity contribution in [2.24, 2.45) is 11.7 Å². The van der Waals surface area contributed by atoms with Crippen LogP contribution in [-0.2, 0) is 9.59 Å². The maximum Gasteiger partial charge on any atom is 0.237 e. The second-order valence-corrected chi connectivity index (χ2v) is 8.82. The Hall–Kier alpha value is -2.28. The third-order valence-electron chi connectivity index (χ3n) is 6.69. The molecule has 1 saturated heterocycles. The Bertz CT molecular complexity index is 748. The lowest BCUT2D eigenvalue weighted by Crippen LogP contribution is -2.44. The lowest BCUT2D eigenvalue weighted by molar-refractivity contribution is -0.134. The average molecular weight is 432 g/mol. The molecule has 1 heterocycles. The fourth-order valence-corrected chi connectivity index (χ4v) is 5.04. The van der Waals surface area contributed by atoms with Gasteiger partial charge in [-0.1, -0.05) is 32.1 Å². The van der Waals surface area contributed by atoms with Gasteiger partial charge < -0.3 is 20.1 Å². The molecule has 1 atom stereocenters. The number of hydrogen-bond acceptors (Lipinski definition) is 5. The highest BCUT2D eigenvalue weighted by Gasteiger charge is 2.33. The molecule has 172 valence electrons. The normalized spacial score (nSPS) is 19.6. The molecule has 1 aliphatic heterocycles. The van der Waals surface area contributed by atoms with E-state index in [2.05, 4.69) is 0 Å². The molecule has 1 aromatic rings. The van der Waals surface area contributed by atoms with Crippen molar-refractivity contribution in [2.75, 3.05) is 40.4 Å². The predicted molar refractivity (Wildman–Crippen MR) is 120 cm³/mol. The number of benzene rings is 1. The first-order chi connectivity index (χ1) is 15.0. The number of nitrogens with two attached hydrogens (primary N) is 1. The summed E-state index contributed by atoms with van der Waals surface area (Å²) in [5, 5.41) is 0. The van der Waals surface area contributed by atoms with Gasteiger partial charge >= 0.3 is 0 Å². The molecule has 1 saturated carbocycles. The molecule has 0 radical (unpaired) electrons. The van der Waals surface area contributed by atoms with Crippen LogP contribution in [0.5, 0.6) is 11.5 Å². The van der Waals surface area contributed by atoms with Gasteiger partial charge in [0.15, 0.2) is 0 Å². The van der Waals surface area contributed by atoms with Gasteiger partial charge in [-0.3, -0.25) is 14.5 Å². The Morgan fingerprint density at radius 2 is 1.84 bits per heavy atom. The molecule has 0 aromatic heterocycles. The maximum atomic E-state index is 13.3. The first kappa shape index (κ1) is 23.4. The monoisotopic (exact) mass is 431 g/mol. The van der Waals surface area contributed by atoms with Crippen molar-refractivity contribution in [3.05, 3.63) is 23.8 Å². The third-order valence-corrected chi connectivity index (χ3v) is 6.69. The van der Waals surface area contributed by atoms with Crippen LogP contribution in [0.15, 0.2) is 18.2 Å². The highest BCUT2D eigenvalue weighted by atomic mass is 16.5. The number of primary amides is 1. The third kappa shape index (κ3) is 6.35. The van der Waals surface area contributed by atoms with Crippen LogP contribution >= 0.6 is 0 Å². The number of likely N-dealkylation sites (tertiary alicyclic amines) is 1. The molecule has 3 rings (SSSR count). The summed E-state index contributed by atoms with van der Waals surface area (Å²) >= 11 is 0. The van der Waals surface area contributed by atoms with Crippen molar-refractivity contribution in [3.8, 4) is 11.5 Å². The smallest absolute Gasteiger partial charge is 0.237 e. The highest BCUT2D eigenvalue weighted by molar-refractivity contribution is 5.81. The second kappa shape index (κ2) is 11.4. The Balaban J connectivity index is 1.66. The zero-order valence-electron chi connectivity index (χ0n) is 19.0. The lowest BCUT2D eigenvalue weighted by atomic mass is 9.87. The van der Waals surface area contributed by atoms with Crippen molar-refractivity contribution in [3.63, 3.8) is 0 Å². The van der Waals surface area contributed by atoms with E-state index >= 15 is 0 Å². The van der Waals surface area contributed by atoms with Crippen molar-refractivity contribution in [1.82, 2.24) is 9.80 Å². The Kier molecular flexibility index (Phi) is 8.58. The summed E-state index contributed by atoms with van der Waals surface area (Å²) in [5.74, 6) is 1.82. The summed E-state index contributed by atoms with van der Waals surface area (Å²) in [5.41, 5.74) is 6.48. The van der Waals surface area contributed by atoms with Crippen LogP contribution in [0.4, 0.5) is 0 Å². The van der Waals surface area contributed by atoms with Crippen molar-refractivity contribution < 1.29 is 19.1 Å². The van der Waals surface area contributed by atoms with E-state index < -0.39 is 0 Å². The molecule has 2 fully saturated rings. The van der Waals surface area contributed by atoms with Crippen molar-refractivity contribution in [2.45, 2.75) is 57.4 Å². The zero-order valence-corrected chi connectivity index (χ0v) is 19.0. The standard InChI is InChI=1S/C24H37N3O4/c1-30-19-10-11-20(22(15-19)31-2)21-9-6-13-27(21)24(29)17-26(16-23(25)28)14-12-18-7-4-3-5-8-18/h10-11,15,18,21H,3-9,12-14,16-17H2,1-2H3,(H2,25,28). The van der Waals surface area contributed by atoms with Gasteiger partial charge in [0, 0.05) is 18.2 Å². The first-order valence-electron chi connectivity index (χ1n) is 11.5.